The lowest BCUT2D eigenvalue weighted by molar-refractivity contribution is -0.119. The Kier molecular flexibility index (Phi) is 6.76. The molecule has 0 spiro atoms. The topological polar surface area (TPSA) is 43.1 Å². The average Bonchev–Trinajstić information content (AvgIpc) is 2.38. The van der Waals surface area contributed by atoms with Gasteiger partial charge in [-0.3, -0.25) is 4.79 Å². The molecule has 5 heteroatoms. The predicted molar refractivity (Wildman–Crippen MR) is 79.4 cm³/mol. The first-order chi connectivity index (χ1) is 9.35. The summed E-state index contributed by atoms with van der Waals surface area (Å²) in [6.07, 6.45) is 0.872. The fraction of sp³-hybridized carbons (Fsp3) is 0.533. The number of carbonyl (C=O) groups is 1. The van der Waals surface area contributed by atoms with E-state index in [2.05, 4.69) is 29.8 Å². The Labute approximate surface area is 126 Å². The Morgan fingerprint density at radius 3 is 2.55 bits per heavy atom. The average molecular weight is 348 g/mol. The van der Waals surface area contributed by atoms with Crippen molar-refractivity contribution in [3.63, 3.8) is 0 Å². The molecule has 1 aromatic carbocycles. The van der Waals surface area contributed by atoms with E-state index in [0.29, 0.717) is 12.5 Å². The van der Waals surface area contributed by atoms with Crippen LogP contribution in [0.2, 0.25) is 0 Å². The maximum absolute atomic E-state index is 13.8. The molecule has 0 aliphatic carbocycles. The highest BCUT2D eigenvalue weighted by molar-refractivity contribution is 9.10. The minimum atomic E-state index is -0.702. The summed E-state index contributed by atoms with van der Waals surface area (Å²) < 4.78 is 27.5. The predicted octanol–water partition coefficient (Wildman–Crippen LogP) is 3.85. The van der Waals surface area contributed by atoms with Gasteiger partial charge in [-0.15, -0.1) is 0 Å². The number of halogens is 3. The van der Waals surface area contributed by atoms with E-state index in [0.717, 1.165) is 12.5 Å². The first-order valence-corrected chi connectivity index (χ1v) is 7.48. The number of nitrogens with two attached hydrogens (primary N) is 1. The van der Waals surface area contributed by atoms with Crippen LogP contribution in [0.15, 0.2) is 16.6 Å². The van der Waals surface area contributed by atoms with Crippen molar-refractivity contribution < 1.29 is 13.6 Å². The minimum absolute atomic E-state index is 0.0702. The normalized spacial score (nSPS) is 12.8. The van der Waals surface area contributed by atoms with E-state index in [1.807, 2.05) is 0 Å². The summed E-state index contributed by atoms with van der Waals surface area (Å²) in [4.78, 5) is 12.0. The molecule has 20 heavy (non-hydrogen) atoms. The van der Waals surface area contributed by atoms with Gasteiger partial charge in [0.25, 0.3) is 0 Å². The van der Waals surface area contributed by atoms with E-state index in [1.54, 1.807) is 0 Å². The zero-order chi connectivity index (χ0) is 15.3. The summed E-state index contributed by atoms with van der Waals surface area (Å²) >= 11 is 2.99. The lowest BCUT2D eigenvalue weighted by atomic mass is 9.91. The second-order valence-corrected chi connectivity index (χ2v) is 6.33. The molecule has 0 amide bonds. The summed E-state index contributed by atoms with van der Waals surface area (Å²) in [6, 6.07) is 2.45. The molecule has 0 heterocycles. The molecule has 0 bridgehead atoms. The maximum atomic E-state index is 13.8. The van der Waals surface area contributed by atoms with Gasteiger partial charge in [-0.25, -0.2) is 8.78 Å². The van der Waals surface area contributed by atoms with Crippen LogP contribution in [0.5, 0.6) is 0 Å². The standard InChI is InChI=1S/C15H20BrF2NO/c1-9(2)5-10(8-19)6-11(20)7-12-14(17)4-3-13(16)15(12)18/h3-4,9-10H,5-8,19H2,1-2H3. The van der Waals surface area contributed by atoms with Crippen LogP contribution in [0, 0.1) is 23.5 Å². The summed E-state index contributed by atoms with van der Waals surface area (Å²) in [7, 11) is 0. The zero-order valence-corrected chi connectivity index (χ0v) is 13.3. The van der Waals surface area contributed by atoms with E-state index in [9.17, 15) is 13.6 Å². The third-order valence-corrected chi connectivity index (χ3v) is 3.78. The monoisotopic (exact) mass is 347 g/mol. The van der Waals surface area contributed by atoms with Crippen LogP contribution >= 0.6 is 15.9 Å². The van der Waals surface area contributed by atoms with Gasteiger partial charge >= 0.3 is 0 Å². The Morgan fingerprint density at radius 2 is 2.00 bits per heavy atom. The second-order valence-electron chi connectivity index (χ2n) is 5.47. The van der Waals surface area contributed by atoms with Gasteiger partial charge in [0.15, 0.2) is 0 Å². The number of benzene rings is 1. The molecule has 1 atom stereocenters. The molecule has 2 N–H and O–H groups in total. The van der Waals surface area contributed by atoms with E-state index >= 15 is 0 Å². The van der Waals surface area contributed by atoms with Crippen LogP contribution in [-0.2, 0) is 11.2 Å². The molecule has 2 nitrogen and oxygen atoms in total. The molecular formula is C15H20BrF2NO. The van der Waals surface area contributed by atoms with Crippen LogP contribution in [0.4, 0.5) is 8.78 Å². The molecule has 1 aromatic rings. The zero-order valence-electron chi connectivity index (χ0n) is 11.8. The Bertz CT molecular complexity index is 477. The second kappa shape index (κ2) is 7.84. The molecule has 0 aromatic heterocycles. The van der Waals surface area contributed by atoms with Gasteiger partial charge in [0.05, 0.1) is 4.47 Å². The number of ketones is 1. The van der Waals surface area contributed by atoms with Crippen molar-refractivity contribution in [3.8, 4) is 0 Å². The summed E-state index contributed by atoms with van der Waals surface area (Å²) in [5.74, 6) is -1.06. The molecule has 0 fully saturated rings. The van der Waals surface area contributed by atoms with E-state index in [-0.39, 0.29) is 34.6 Å². The van der Waals surface area contributed by atoms with Crippen molar-refractivity contribution in [3.05, 3.63) is 33.8 Å². The highest BCUT2D eigenvalue weighted by Crippen LogP contribution is 2.23. The van der Waals surface area contributed by atoms with E-state index in [4.69, 9.17) is 5.73 Å². The van der Waals surface area contributed by atoms with Crippen LogP contribution in [0.3, 0.4) is 0 Å². The molecule has 0 radical (unpaired) electrons. The maximum Gasteiger partial charge on any atom is 0.143 e. The molecule has 0 aliphatic rings. The highest BCUT2D eigenvalue weighted by atomic mass is 79.9. The molecule has 0 saturated carbocycles. The minimum Gasteiger partial charge on any atom is -0.330 e. The van der Waals surface area contributed by atoms with Crippen molar-refractivity contribution in [2.45, 2.75) is 33.1 Å². The first-order valence-electron chi connectivity index (χ1n) is 6.69. The van der Waals surface area contributed by atoms with Crippen LogP contribution in [-0.4, -0.2) is 12.3 Å². The van der Waals surface area contributed by atoms with Crippen molar-refractivity contribution in [2.24, 2.45) is 17.6 Å². The molecule has 112 valence electrons. The van der Waals surface area contributed by atoms with Gasteiger partial charge in [0, 0.05) is 18.4 Å². The van der Waals surface area contributed by atoms with Gasteiger partial charge < -0.3 is 5.73 Å². The molecule has 0 saturated heterocycles. The number of Topliss-reactive ketones (excluding diaryl/α,β-unsaturated/α-hetero) is 1. The van der Waals surface area contributed by atoms with Crippen molar-refractivity contribution in [2.75, 3.05) is 6.54 Å². The number of hydrogen-bond acceptors (Lipinski definition) is 2. The van der Waals surface area contributed by atoms with Crippen LogP contribution in [0.25, 0.3) is 0 Å². The van der Waals surface area contributed by atoms with E-state index in [1.165, 1.54) is 6.07 Å². The summed E-state index contributed by atoms with van der Waals surface area (Å²) in [6.45, 7) is 4.52. The van der Waals surface area contributed by atoms with Crippen molar-refractivity contribution >= 4 is 21.7 Å². The number of hydrogen-bond donors (Lipinski definition) is 1. The van der Waals surface area contributed by atoms with Gasteiger partial charge in [-0.2, -0.15) is 0 Å². The first kappa shape index (κ1) is 17.2. The Hall–Kier alpha value is -0.810. The van der Waals surface area contributed by atoms with Crippen LogP contribution < -0.4 is 5.73 Å². The molecule has 0 aliphatic heterocycles. The fourth-order valence-electron chi connectivity index (χ4n) is 2.25. The Morgan fingerprint density at radius 1 is 1.35 bits per heavy atom. The summed E-state index contributed by atoms with van der Waals surface area (Å²) in [5, 5.41) is 0. The van der Waals surface area contributed by atoms with Gasteiger partial charge in [-0.1, -0.05) is 13.8 Å². The fourth-order valence-corrected chi connectivity index (χ4v) is 2.62. The SMILES string of the molecule is CC(C)CC(CN)CC(=O)Cc1c(F)ccc(Br)c1F. The van der Waals surface area contributed by atoms with Gasteiger partial charge in [0.2, 0.25) is 0 Å². The van der Waals surface area contributed by atoms with Crippen molar-refractivity contribution in [1.29, 1.82) is 0 Å². The third-order valence-electron chi connectivity index (χ3n) is 3.17. The van der Waals surface area contributed by atoms with Crippen molar-refractivity contribution in [1.82, 2.24) is 0 Å². The number of carbonyl (C=O) groups excluding carboxylic acids is 1. The summed E-state index contributed by atoms with van der Waals surface area (Å²) in [5.41, 5.74) is 5.46. The quantitative estimate of drug-likeness (QED) is 0.761. The van der Waals surface area contributed by atoms with Crippen LogP contribution in [0.1, 0.15) is 32.3 Å². The lowest BCUT2D eigenvalue weighted by Gasteiger charge is -2.16. The molecule has 1 rings (SSSR count). The van der Waals surface area contributed by atoms with Gasteiger partial charge in [-0.05, 0) is 52.9 Å². The smallest absolute Gasteiger partial charge is 0.143 e. The van der Waals surface area contributed by atoms with Gasteiger partial charge in [0.1, 0.15) is 17.4 Å². The Balaban J connectivity index is 2.74. The third kappa shape index (κ3) is 4.94. The highest BCUT2D eigenvalue weighted by Gasteiger charge is 2.19. The molecular weight excluding hydrogens is 328 g/mol. The van der Waals surface area contributed by atoms with E-state index < -0.39 is 11.6 Å². The lowest BCUT2D eigenvalue weighted by Crippen LogP contribution is -2.21. The molecule has 1 unspecified atom stereocenters. The largest absolute Gasteiger partial charge is 0.330 e. The number of rotatable bonds is 7.